The van der Waals surface area contributed by atoms with Crippen LogP contribution in [0.15, 0.2) is 42.5 Å². The normalized spacial score (nSPS) is 11.5. The third-order valence-electron chi connectivity index (χ3n) is 3.55. The number of esters is 1. The molecule has 1 N–H and O–H groups in total. The lowest BCUT2D eigenvalue weighted by Gasteiger charge is -2.17. The molecule has 0 saturated heterocycles. The summed E-state index contributed by atoms with van der Waals surface area (Å²) < 4.78 is 31.3. The van der Waals surface area contributed by atoms with Crippen molar-refractivity contribution >= 4 is 17.6 Å². The molecule has 2 rings (SSSR count). The number of non-ortho nitro benzene ring substituents is 1. The number of rotatable bonds is 6. The number of benzene rings is 2. The van der Waals surface area contributed by atoms with Gasteiger partial charge in [-0.05, 0) is 17.7 Å². The Morgan fingerprint density at radius 3 is 2.38 bits per heavy atom. The Labute approximate surface area is 146 Å². The number of hydrogen-bond acceptors (Lipinski definition) is 5. The first kappa shape index (κ1) is 19.0. The highest BCUT2D eigenvalue weighted by Gasteiger charge is 2.24. The molecule has 9 heteroatoms. The van der Waals surface area contributed by atoms with Gasteiger partial charge in [-0.25, -0.2) is 13.6 Å². The molecule has 2 aromatic rings. The zero-order valence-corrected chi connectivity index (χ0v) is 13.6. The van der Waals surface area contributed by atoms with E-state index in [-0.39, 0.29) is 12.1 Å². The number of ether oxygens (including phenoxy) is 1. The van der Waals surface area contributed by atoms with Gasteiger partial charge in [-0.2, -0.15) is 0 Å². The van der Waals surface area contributed by atoms with Gasteiger partial charge in [-0.1, -0.05) is 12.1 Å². The molecule has 0 aliphatic carbocycles. The van der Waals surface area contributed by atoms with Crippen molar-refractivity contribution in [3.8, 4) is 0 Å². The number of methoxy groups -OCH3 is 1. The summed E-state index contributed by atoms with van der Waals surface area (Å²) in [6, 6.07) is 6.65. The molecule has 0 radical (unpaired) electrons. The molecule has 0 heterocycles. The summed E-state index contributed by atoms with van der Waals surface area (Å²) in [6.45, 7) is 0. The van der Waals surface area contributed by atoms with E-state index in [0.29, 0.717) is 11.6 Å². The van der Waals surface area contributed by atoms with Crippen LogP contribution >= 0.6 is 0 Å². The van der Waals surface area contributed by atoms with Crippen LogP contribution in [0, 0.1) is 21.7 Å². The van der Waals surface area contributed by atoms with Gasteiger partial charge in [0.25, 0.3) is 11.6 Å². The number of amides is 1. The highest BCUT2D eigenvalue weighted by Crippen LogP contribution is 2.15. The fraction of sp³-hybridized carbons (Fsp3) is 0.176. The largest absolute Gasteiger partial charge is 0.467 e. The molecule has 0 saturated carbocycles. The van der Waals surface area contributed by atoms with Crippen LogP contribution in [0.4, 0.5) is 14.5 Å². The molecule has 0 unspecified atom stereocenters. The summed E-state index contributed by atoms with van der Waals surface area (Å²) in [5.41, 5.74) is -0.0318. The first-order chi connectivity index (χ1) is 12.3. The molecule has 26 heavy (non-hydrogen) atoms. The van der Waals surface area contributed by atoms with E-state index in [4.69, 9.17) is 0 Å². The lowest BCUT2D eigenvalue weighted by atomic mass is 10.0. The monoisotopic (exact) mass is 364 g/mol. The van der Waals surface area contributed by atoms with Crippen LogP contribution in [0.25, 0.3) is 0 Å². The Balaban J connectivity index is 2.18. The quantitative estimate of drug-likeness (QED) is 0.482. The molecule has 0 aliphatic rings. The minimum atomic E-state index is -1.15. The van der Waals surface area contributed by atoms with Crippen molar-refractivity contribution in [3.05, 3.63) is 75.3 Å². The molecule has 0 aliphatic heterocycles. The van der Waals surface area contributed by atoms with Crippen molar-refractivity contribution in [1.29, 1.82) is 0 Å². The van der Waals surface area contributed by atoms with E-state index in [9.17, 15) is 28.5 Å². The Kier molecular flexibility index (Phi) is 5.94. The van der Waals surface area contributed by atoms with Crippen molar-refractivity contribution in [2.45, 2.75) is 12.5 Å². The van der Waals surface area contributed by atoms with Gasteiger partial charge >= 0.3 is 5.97 Å². The van der Waals surface area contributed by atoms with Gasteiger partial charge < -0.3 is 10.1 Å². The number of nitrogens with one attached hydrogen (secondary N) is 1. The number of nitrogens with zero attached hydrogens (tertiary/aromatic N) is 1. The highest BCUT2D eigenvalue weighted by molar-refractivity contribution is 5.97. The lowest BCUT2D eigenvalue weighted by molar-refractivity contribution is -0.384. The topological polar surface area (TPSA) is 98.5 Å². The Bertz CT molecular complexity index is 840. The second kappa shape index (κ2) is 8.15. The van der Waals surface area contributed by atoms with E-state index in [0.717, 1.165) is 19.2 Å². The van der Waals surface area contributed by atoms with Crippen LogP contribution in [0.5, 0.6) is 0 Å². The maximum absolute atomic E-state index is 13.7. The fourth-order valence-electron chi connectivity index (χ4n) is 2.23. The van der Waals surface area contributed by atoms with Crippen molar-refractivity contribution < 1.29 is 28.0 Å². The summed E-state index contributed by atoms with van der Waals surface area (Å²) in [5, 5.41) is 13.0. The zero-order chi connectivity index (χ0) is 19.3. The molecule has 1 atom stereocenters. The van der Waals surface area contributed by atoms with Gasteiger partial charge in [0.05, 0.1) is 17.6 Å². The van der Waals surface area contributed by atoms with E-state index in [1.165, 1.54) is 24.3 Å². The smallest absolute Gasteiger partial charge is 0.328 e. The molecule has 0 spiro atoms. The van der Waals surface area contributed by atoms with Gasteiger partial charge in [-0.15, -0.1) is 0 Å². The SMILES string of the molecule is COC(=O)[C@H](Cc1ccc([N+](=O)[O-])cc1)NC(=O)c1ccc(F)cc1F. The number of nitro groups is 1. The van der Waals surface area contributed by atoms with Crippen LogP contribution in [0.1, 0.15) is 15.9 Å². The number of carbonyl (C=O) groups excluding carboxylic acids is 2. The first-order valence-corrected chi connectivity index (χ1v) is 7.39. The van der Waals surface area contributed by atoms with Crippen LogP contribution in [-0.4, -0.2) is 30.0 Å². The second-order valence-corrected chi connectivity index (χ2v) is 5.30. The predicted octanol–water partition coefficient (Wildman–Crippen LogP) is 2.39. The minimum absolute atomic E-state index is 0.0286. The average molecular weight is 364 g/mol. The molecule has 0 aromatic heterocycles. The number of hydrogen-bond donors (Lipinski definition) is 1. The maximum Gasteiger partial charge on any atom is 0.328 e. The maximum atomic E-state index is 13.7. The van der Waals surface area contributed by atoms with E-state index < -0.39 is 40.0 Å². The van der Waals surface area contributed by atoms with Gasteiger partial charge in [0, 0.05) is 24.6 Å². The first-order valence-electron chi connectivity index (χ1n) is 7.39. The summed E-state index contributed by atoms with van der Waals surface area (Å²) in [7, 11) is 1.12. The average Bonchev–Trinajstić information content (AvgIpc) is 2.60. The molecule has 2 aromatic carbocycles. The third-order valence-corrected chi connectivity index (χ3v) is 3.55. The summed E-state index contributed by atoms with van der Waals surface area (Å²) in [4.78, 5) is 34.2. The van der Waals surface area contributed by atoms with E-state index in [1.807, 2.05) is 0 Å². The van der Waals surface area contributed by atoms with Gasteiger partial charge in [0.15, 0.2) is 0 Å². The Morgan fingerprint density at radius 1 is 1.19 bits per heavy atom. The summed E-state index contributed by atoms with van der Waals surface area (Å²) >= 11 is 0. The summed E-state index contributed by atoms with van der Waals surface area (Å²) in [5.74, 6) is -3.60. The standard InChI is InChI=1S/C17H14F2N2O5/c1-26-17(23)15(8-10-2-5-12(6-3-10)21(24)25)20-16(22)13-7-4-11(18)9-14(13)19/h2-7,9,15H,8H2,1H3,(H,20,22)/t15-/m0/s1. The van der Waals surface area contributed by atoms with Crippen molar-refractivity contribution in [3.63, 3.8) is 0 Å². The van der Waals surface area contributed by atoms with E-state index in [1.54, 1.807) is 0 Å². The van der Waals surface area contributed by atoms with E-state index >= 15 is 0 Å². The Hall–Kier alpha value is -3.36. The van der Waals surface area contributed by atoms with Crippen LogP contribution in [0.2, 0.25) is 0 Å². The lowest BCUT2D eigenvalue weighted by Crippen LogP contribution is -2.43. The molecule has 1 amide bonds. The van der Waals surface area contributed by atoms with Crippen LogP contribution < -0.4 is 5.32 Å². The third kappa shape index (κ3) is 4.59. The van der Waals surface area contributed by atoms with Crippen LogP contribution in [0.3, 0.4) is 0 Å². The number of carbonyl (C=O) groups is 2. The predicted molar refractivity (Wildman–Crippen MR) is 86.4 cm³/mol. The number of halogens is 2. The second-order valence-electron chi connectivity index (χ2n) is 5.30. The molecule has 0 fully saturated rings. The highest BCUT2D eigenvalue weighted by atomic mass is 19.1. The van der Waals surface area contributed by atoms with Crippen LogP contribution in [-0.2, 0) is 16.0 Å². The van der Waals surface area contributed by atoms with Crippen molar-refractivity contribution in [2.24, 2.45) is 0 Å². The van der Waals surface area contributed by atoms with Gasteiger partial charge in [0.1, 0.15) is 17.7 Å². The Morgan fingerprint density at radius 2 is 1.85 bits per heavy atom. The van der Waals surface area contributed by atoms with Crippen molar-refractivity contribution in [2.75, 3.05) is 7.11 Å². The molecular formula is C17H14F2N2O5. The van der Waals surface area contributed by atoms with Gasteiger partial charge in [0.2, 0.25) is 0 Å². The molecule has 0 bridgehead atoms. The number of nitro benzene ring substituents is 1. The van der Waals surface area contributed by atoms with Gasteiger partial charge in [-0.3, -0.25) is 14.9 Å². The molecular weight excluding hydrogens is 350 g/mol. The fourth-order valence-corrected chi connectivity index (χ4v) is 2.23. The van der Waals surface area contributed by atoms with E-state index in [2.05, 4.69) is 10.1 Å². The minimum Gasteiger partial charge on any atom is -0.467 e. The summed E-state index contributed by atoms with van der Waals surface area (Å²) in [6.07, 6.45) is -0.0286. The van der Waals surface area contributed by atoms with Crippen molar-refractivity contribution in [1.82, 2.24) is 5.32 Å². The zero-order valence-electron chi connectivity index (χ0n) is 13.6. The molecule has 7 nitrogen and oxygen atoms in total. The molecule has 136 valence electrons.